The van der Waals surface area contributed by atoms with Crippen molar-refractivity contribution in [3.63, 3.8) is 0 Å². The van der Waals surface area contributed by atoms with Gasteiger partial charge in [-0.1, -0.05) is 37.3 Å². The zero-order valence-electron chi connectivity index (χ0n) is 11.8. The molecule has 0 saturated carbocycles. The van der Waals surface area contributed by atoms with Crippen molar-refractivity contribution in [2.45, 2.75) is 39.2 Å². The first-order valence-electron chi connectivity index (χ1n) is 7.01. The molecule has 0 bridgehead atoms. The van der Waals surface area contributed by atoms with E-state index in [1.807, 2.05) is 23.1 Å². The third-order valence-corrected chi connectivity index (χ3v) is 4.14. The van der Waals surface area contributed by atoms with Gasteiger partial charge in [0.2, 0.25) is 5.91 Å². The molecule has 1 N–H and O–H groups in total. The summed E-state index contributed by atoms with van der Waals surface area (Å²) in [6, 6.07) is 10.3. The van der Waals surface area contributed by atoms with Crippen LogP contribution in [0.5, 0.6) is 0 Å². The molecule has 1 aromatic carbocycles. The molecule has 3 heteroatoms. The maximum absolute atomic E-state index is 12.2. The number of carbonyl (C=O) groups is 1. The highest BCUT2D eigenvalue weighted by molar-refractivity contribution is 5.79. The van der Waals surface area contributed by atoms with Gasteiger partial charge in [-0.2, -0.15) is 0 Å². The van der Waals surface area contributed by atoms with Gasteiger partial charge in [0, 0.05) is 19.6 Å². The first-order chi connectivity index (χ1) is 9.06. The molecule has 1 heterocycles. The number of likely N-dealkylation sites (tertiary alicyclic amines) is 1. The third-order valence-electron chi connectivity index (χ3n) is 4.14. The molecule has 1 fully saturated rings. The largest absolute Gasteiger partial charge is 0.396 e. The summed E-state index contributed by atoms with van der Waals surface area (Å²) >= 11 is 0. The van der Waals surface area contributed by atoms with Gasteiger partial charge < -0.3 is 10.0 Å². The van der Waals surface area contributed by atoms with Gasteiger partial charge in [0.05, 0.1) is 6.04 Å². The predicted molar refractivity (Wildman–Crippen MR) is 75.6 cm³/mol. The van der Waals surface area contributed by atoms with E-state index in [4.69, 9.17) is 5.11 Å². The van der Waals surface area contributed by atoms with E-state index < -0.39 is 0 Å². The first-order valence-corrected chi connectivity index (χ1v) is 7.01. The highest BCUT2D eigenvalue weighted by Crippen LogP contribution is 2.39. The summed E-state index contributed by atoms with van der Waals surface area (Å²) in [5, 5.41) is 8.96. The second kappa shape index (κ2) is 5.74. The molecule has 19 heavy (non-hydrogen) atoms. The molecule has 2 rings (SSSR count). The molecule has 104 valence electrons. The number of hydrogen-bond donors (Lipinski definition) is 1. The van der Waals surface area contributed by atoms with Crippen LogP contribution in [-0.2, 0) is 4.79 Å². The molecule has 1 aromatic rings. The van der Waals surface area contributed by atoms with Crippen molar-refractivity contribution >= 4 is 5.91 Å². The first kappa shape index (κ1) is 14.1. The molecule has 2 atom stereocenters. The van der Waals surface area contributed by atoms with Crippen LogP contribution in [0.4, 0.5) is 0 Å². The van der Waals surface area contributed by atoms with Crippen LogP contribution in [0.15, 0.2) is 30.3 Å². The number of hydrogen-bond acceptors (Lipinski definition) is 2. The minimum absolute atomic E-state index is 0.0167. The van der Waals surface area contributed by atoms with Crippen LogP contribution in [0.25, 0.3) is 0 Å². The van der Waals surface area contributed by atoms with Crippen LogP contribution in [0.2, 0.25) is 0 Å². The van der Waals surface area contributed by atoms with E-state index in [9.17, 15) is 4.79 Å². The van der Waals surface area contributed by atoms with Crippen molar-refractivity contribution in [2.75, 3.05) is 13.2 Å². The maximum Gasteiger partial charge on any atom is 0.223 e. The van der Waals surface area contributed by atoms with Crippen molar-refractivity contribution in [1.82, 2.24) is 4.90 Å². The summed E-state index contributed by atoms with van der Waals surface area (Å²) in [4.78, 5) is 14.2. The third kappa shape index (κ3) is 3.16. The lowest BCUT2D eigenvalue weighted by molar-refractivity contribution is -0.129. The van der Waals surface area contributed by atoms with Crippen LogP contribution < -0.4 is 0 Å². The van der Waals surface area contributed by atoms with Gasteiger partial charge in [0.25, 0.3) is 0 Å². The summed E-state index contributed by atoms with van der Waals surface area (Å²) < 4.78 is 0. The predicted octanol–water partition coefficient (Wildman–Crippen LogP) is 2.76. The molecular weight excluding hydrogens is 238 g/mol. The van der Waals surface area contributed by atoms with Gasteiger partial charge in [-0.15, -0.1) is 0 Å². The smallest absolute Gasteiger partial charge is 0.223 e. The van der Waals surface area contributed by atoms with E-state index in [1.165, 1.54) is 5.56 Å². The Kier molecular flexibility index (Phi) is 4.25. The van der Waals surface area contributed by atoms with E-state index in [2.05, 4.69) is 26.0 Å². The summed E-state index contributed by atoms with van der Waals surface area (Å²) in [7, 11) is 0. The lowest BCUT2D eigenvalue weighted by Crippen LogP contribution is -2.30. The Bertz CT molecular complexity index is 432. The number of aliphatic hydroxyl groups is 1. The fraction of sp³-hybridized carbons (Fsp3) is 0.562. The molecule has 0 aliphatic carbocycles. The molecular formula is C16H23NO2. The fourth-order valence-electron chi connectivity index (χ4n) is 2.96. The molecule has 1 amide bonds. The van der Waals surface area contributed by atoms with Crippen molar-refractivity contribution in [3.8, 4) is 0 Å². The summed E-state index contributed by atoms with van der Waals surface area (Å²) in [5.41, 5.74) is 1.20. The minimum atomic E-state index is 0.0167. The van der Waals surface area contributed by atoms with E-state index in [-0.39, 0.29) is 24.0 Å². The SMILES string of the molecule is C[C@H](c1ccccc1)N1C[C@](C)(CCCO)CC1=O. The van der Waals surface area contributed by atoms with E-state index in [0.717, 1.165) is 19.4 Å². The Morgan fingerprint density at radius 2 is 2.05 bits per heavy atom. The molecule has 3 nitrogen and oxygen atoms in total. The number of benzene rings is 1. The number of nitrogens with zero attached hydrogens (tertiary/aromatic N) is 1. The summed E-state index contributed by atoms with van der Waals surface area (Å²) in [6.07, 6.45) is 2.29. The Morgan fingerprint density at radius 3 is 2.68 bits per heavy atom. The average Bonchev–Trinajstić information content (AvgIpc) is 2.72. The number of carbonyl (C=O) groups excluding carboxylic acids is 1. The van der Waals surface area contributed by atoms with Gasteiger partial charge in [0.15, 0.2) is 0 Å². The fourth-order valence-corrected chi connectivity index (χ4v) is 2.96. The monoisotopic (exact) mass is 261 g/mol. The number of rotatable bonds is 5. The molecule has 0 unspecified atom stereocenters. The van der Waals surface area contributed by atoms with Crippen LogP contribution >= 0.6 is 0 Å². The normalized spacial score (nSPS) is 24.8. The lowest BCUT2D eigenvalue weighted by Gasteiger charge is -2.28. The number of aliphatic hydroxyl groups excluding tert-OH is 1. The van der Waals surface area contributed by atoms with Gasteiger partial charge in [-0.3, -0.25) is 4.79 Å². The highest BCUT2D eigenvalue weighted by atomic mass is 16.3. The Morgan fingerprint density at radius 1 is 1.37 bits per heavy atom. The Hall–Kier alpha value is -1.35. The van der Waals surface area contributed by atoms with Crippen LogP contribution in [-0.4, -0.2) is 29.1 Å². The second-order valence-electron chi connectivity index (χ2n) is 5.92. The zero-order chi connectivity index (χ0) is 13.9. The van der Waals surface area contributed by atoms with Crippen molar-refractivity contribution < 1.29 is 9.90 Å². The summed E-state index contributed by atoms with van der Waals surface area (Å²) in [6.45, 7) is 5.24. The summed E-state index contributed by atoms with van der Waals surface area (Å²) in [5.74, 6) is 0.233. The van der Waals surface area contributed by atoms with Crippen LogP contribution in [0, 0.1) is 5.41 Å². The van der Waals surface area contributed by atoms with Gasteiger partial charge in [-0.05, 0) is 30.7 Å². The van der Waals surface area contributed by atoms with Crippen LogP contribution in [0.1, 0.15) is 44.7 Å². The lowest BCUT2D eigenvalue weighted by atomic mass is 9.84. The molecule has 0 radical (unpaired) electrons. The molecule has 1 saturated heterocycles. The topological polar surface area (TPSA) is 40.5 Å². The van der Waals surface area contributed by atoms with Crippen molar-refractivity contribution in [1.29, 1.82) is 0 Å². The van der Waals surface area contributed by atoms with Crippen molar-refractivity contribution in [3.05, 3.63) is 35.9 Å². The van der Waals surface area contributed by atoms with E-state index >= 15 is 0 Å². The highest BCUT2D eigenvalue weighted by Gasteiger charge is 2.40. The maximum atomic E-state index is 12.2. The molecule has 1 aliphatic heterocycles. The average molecular weight is 261 g/mol. The standard InChI is InChI=1S/C16H23NO2/c1-13(14-7-4-3-5-8-14)17-12-16(2,9-6-10-18)11-15(17)19/h3-5,7-8,13,18H,6,9-12H2,1-2H3/t13-,16-/m1/s1. The second-order valence-corrected chi connectivity index (χ2v) is 5.92. The Labute approximate surface area is 115 Å². The molecule has 0 aromatic heterocycles. The van der Waals surface area contributed by atoms with Gasteiger partial charge >= 0.3 is 0 Å². The quantitative estimate of drug-likeness (QED) is 0.885. The van der Waals surface area contributed by atoms with E-state index in [1.54, 1.807) is 0 Å². The molecule has 1 aliphatic rings. The zero-order valence-corrected chi connectivity index (χ0v) is 11.8. The van der Waals surface area contributed by atoms with E-state index in [0.29, 0.717) is 6.42 Å². The minimum Gasteiger partial charge on any atom is -0.396 e. The van der Waals surface area contributed by atoms with Crippen LogP contribution in [0.3, 0.4) is 0 Å². The Balaban J connectivity index is 2.08. The van der Waals surface area contributed by atoms with Gasteiger partial charge in [0.1, 0.15) is 0 Å². The van der Waals surface area contributed by atoms with Gasteiger partial charge in [-0.25, -0.2) is 0 Å². The molecule has 0 spiro atoms. The van der Waals surface area contributed by atoms with Crippen molar-refractivity contribution in [2.24, 2.45) is 5.41 Å². The number of amides is 1.